The van der Waals surface area contributed by atoms with Gasteiger partial charge in [-0.15, -0.1) is 0 Å². The van der Waals surface area contributed by atoms with E-state index in [1.807, 2.05) is 23.1 Å². The molecule has 0 spiro atoms. The Morgan fingerprint density at radius 2 is 1.88 bits per heavy atom. The maximum atomic E-state index is 12.8. The van der Waals surface area contributed by atoms with Crippen molar-refractivity contribution in [3.05, 3.63) is 59.4 Å². The zero-order valence-electron chi connectivity index (χ0n) is 17.9. The minimum atomic E-state index is -0.560. The number of piperazine rings is 1. The summed E-state index contributed by atoms with van der Waals surface area (Å²) >= 11 is 6.00. The van der Waals surface area contributed by atoms with Gasteiger partial charge in [-0.2, -0.15) is 4.98 Å². The molecule has 0 bridgehead atoms. The van der Waals surface area contributed by atoms with Gasteiger partial charge < -0.3 is 19.1 Å². The van der Waals surface area contributed by atoms with Crippen molar-refractivity contribution in [1.29, 1.82) is 0 Å². The molecule has 3 aromatic rings. The predicted molar refractivity (Wildman–Crippen MR) is 122 cm³/mol. The number of nitrogens with zero attached hydrogens (tertiary/aromatic N) is 4. The molecular formula is C24H25ClN4O3. The van der Waals surface area contributed by atoms with Crippen molar-refractivity contribution in [2.45, 2.75) is 31.8 Å². The molecule has 1 amide bonds. The Labute approximate surface area is 191 Å². The topological polar surface area (TPSA) is 71.7 Å². The Bertz CT molecular complexity index is 1090. The normalized spacial score (nSPS) is 17.3. The SMILES string of the molecule is C[C@@H](Oc1cccc(Cl)c1)C(=O)N1CCN(c2ccc(-c3noc(C4CC4)n3)cc2)CC1. The third-order valence-electron chi connectivity index (χ3n) is 5.91. The first-order valence-corrected chi connectivity index (χ1v) is 11.3. The Balaban J connectivity index is 1.15. The number of rotatable bonds is 6. The van der Waals surface area contributed by atoms with Crippen LogP contribution in [0.25, 0.3) is 11.4 Å². The van der Waals surface area contributed by atoms with E-state index in [4.69, 9.17) is 20.9 Å². The van der Waals surface area contributed by atoms with Crippen LogP contribution in [0.4, 0.5) is 5.69 Å². The lowest BCUT2D eigenvalue weighted by Crippen LogP contribution is -2.52. The van der Waals surface area contributed by atoms with Gasteiger partial charge in [0, 0.05) is 48.4 Å². The number of carbonyl (C=O) groups is 1. The molecule has 1 atom stereocenters. The predicted octanol–water partition coefficient (Wildman–Crippen LogP) is 4.38. The van der Waals surface area contributed by atoms with Crippen molar-refractivity contribution in [2.75, 3.05) is 31.1 Å². The number of hydrogen-bond acceptors (Lipinski definition) is 6. The highest BCUT2D eigenvalue weighted by Crippen LogP contribution is 2.39. The monoisotopic (exact) mass is 452 g/mol. The third-order valence-corrected chi connectivity index (χ3v) is 6.14. The van der Waals surface area contributed by atoms with E-state index in [1.165, 1.54) is 0 Å². The lowest BCUT2D eigenvalue weighted by atomic mass is 10.1. The van der Waals surface area contributed by atoms with Crippen LogP contribution in [-0.4, -0.2) is 53.2 Å². The fraction of sp³-hybridized carbons (Fsp3) is 0.375. The molecule has 1 saturated carbocycles. The van der Waals surface area contributed by atoms with Gasteiger partial charge >= 0.3 is 0 Å². The van der Waals surface area contributed by atoms with Crippen molar-refractivity contribution >= 4 is 23.2 Å². The van der Waals surface area contributed by atoms with Crippen molar-refractivity contribution in [1.82, 2.24) is 15.0 Å². The maximum Gasteiger partial charge on any atom is 0.263 e. The minimum absolute atomic E-state index is 0.0106. The van der Waals surface area contributed by atoms with Crippen LogP contribution >= 0.6 is 11.6 Å². The van der Waals surface area contributed by atoms with Crippen molar-refractivity contribution < 1.29 is 14.1 Å². The smallest absolute Gasteiger partial charge is 0.263 e. The van der Waals surface area contributed by atoms with Gasteiger partial charge in [-0.05, 0) is 62.2 Å². The van der Waals surface area contributed by atoms with Crippen molar-refractivity contribution in [3.8, 4) is 17.1 Å². The van der Waals surface area contributed by atoms with Gasteiger partial charge in [0.15, 0.2) is 6.10 Å². The molecule has 0 radical (unpaired) electrons. The second-order valence-electron chi connectivity index (χ2n) is 8.31. The molecule has 2 fully saturated rings. The number of carbonyl (C=O) groups excluding carboxylic acids is 1. The summed E-state index contributed by atoms with van der Waals surface area (Å²) < 4.78 is 11.1. The standard InChI is InChI=1S/C24H25ClN4O3/c1-16(31-21-4-2-3-19(25)15-21)24(30)29-13-11-28(12-14-29)20-9-7-17(8-10-20)22-26-23(32-27-22)18-5-6-18/h2-4,7-10,15-16,18H,5-6,11-14H2,1H3/t16-/m1/s1. The van der Waals surface area contributed by atoms with E-state index in [-0.39, 0.29) is 5.91 Å². The van der Waals surface area contributed by atoms with Crippen LogP contribution in [0.15, 0.2) is 53.1 Å². The fourth-order valence-corrected chi connectivity index (χ4v) is 4.09. The van der Waals surface area contributed by atoms with Gasteiger partial charge in [0.05, 0.1) is 0 Å². The number of ether oxygens (including phenoxy) is 1. The van der Waals surface area contributed by atoms with E-state index in [9.17, 15) is 4.79 Å². The fourth-order valence-electron chi connectivity index (χ4n) is 3.91. The molecular weight excluding hydrogens is 428 g/mol. The van der Waals surface area contributed by atoms with Crippen LogP contribution < -0.4 is 9.64 Å². The summed E-state index contributed by atoms with van der Waals surface area (Å²) in [5, 5.41) is 4.69. The summed E-state index contributed by atoms with van der Waals surface area (Å²) in [4.78, 5) is 21.5. The van der Waals surface area contributed by atoms with Crippen LogP contribution in [-0.2, 0) is 4.79 Å². The van der Waals surface area contributed by atoms with E-state index in [0.29, 0.717) is 35.6 Å². The van der Waals surface area contributed by atoms with E-state index in [1.54, 1.807) is 25.1 Å². The number of hydrogen-bond donors (Lipinski definition) is 0. The summed E-state index contributed by atoms with van der Waals surface area (Å²) in [6.07, 6.45) is 1.72. The van der Waals surface area contributed by atoms with E-state index < -0.39 is 6.10 Å². The van der Waals surface area contributed by atoms with E-state index >= 15 is 0 Å². The highest BCUT2D eigenvalue weighted by atomic mass is 35.5. The Morgan fingerprint density at radius 1 is 1.12 bits per heavy atom. The Hall–Kier alpha value is -3.06. The van der Waals surface area contributed by atoms with Gasteiger partial charge in [-0.25, -0.2) is 0 Å². The molecule has 1 saturated heterocycles. The molecule has 2 aliphatic rings. The summed E-state index contributed by atoms with van der Waals surface area (Å²) in [5.41, 5.74) is 2.07. The number of benzene rings is 2. The van der Waals surface area contributed by atoms with Crippen LogP contribution in [0.3, 0.4) is 0 Å². The summed E-state index contributed by atoms with van der Waals surface area (Å²) in [6, 6.07) is 15.3. The van der Waals surface area contributed by atoms with Crippen LogP contribution in [0.1, 0.15) is 31.6 Å². The van der Waals surface area contributed by atoms with Crippen LogP contribution in [0.2, 0.25) is 5.02 Å². The van der Waals surface area contributed by atoms with Crippen molar-refractivity contribution in [2.24, 2.45) is 0 Å². The first kappa shape index (κ1) is 20.8. The summed E-state index contributed by atoms with van der Waals surface area (Å²) in [7, 11) is 0. The quantitative estimate of drug-likeness (QED) is 0.552. The average molecular weight is 453 g/mol. The van der Waals surface area contributed by atoms with Gasteiger partial charge in [-0.3, -0.25) is 4.79 Å². The second kappa shape index (κ2) is 8.82. The van der Waals surface area contributed by atoms with Crippen molar-refractivity contribution in [3.63, 3.8) is 0 Å². The molecule has 5 rings (SSSR count). The average Bonchev–Trinajstić information content (AvgIpc) is 3.55. The zero-order chi connectivity index (χ0) is 22.1. The maximum absolute atomic E-state index is 12.8. The molecule has 0 unspecified atom stereocenters. The second-order valence-corrected chi connectivity index (χ2v) is 8.74. The van der Waals surface area contributed by atoms with E-state index in [2.05, 4.69) is 27.2 Å². The highest BCUT2D eigenvalue weighted by Gasteiger charge is 2.30. The molecule has 1 aromatic heterocycles. The summed E-state index contributed by atoms with van der Waals surface area (Å²) in [5.74, 6) is 2.43. The third kappa shape index (κ3) is 4.58. The molecule has 7 nitrogen and oxygen atoms in total. The van der Waals surface area contributed by atoms with Gasteiger partial charge in [-0.1, -0.05) is 22.8 Å². The zero-order valence-corrected chi connectivity index (χ0v) is 18.7. The van der Waals surface area contributed by atoms with Crippen LogP contribution in [0.5, 0.6) is 5.75 Å². The Morgan fingerprint density at radius 3 is 2.56 bits per heavy atom. The van der Waals surface area contributed by atoms with Crippen LogP contribution in [0, 0.1) is 0 Å². The molecule has 32 heavy (non-hydrogen) atoms. The molecule has 1 aliphatic heterocycles. The molecule has 2 aromatic carbocycles. The molecule has 8 heteroatoms. The van der Waals surface area contributed by atoms with Gasteiger partial charge in [0.2, 0.25) is 11.7 Å². The van der Waals surface area contributed by atoms with Gasteiger partial charge in [0.25, 0.3) is 5.91 Å². The lowest BCUT2D eigenvalue weighted by molar-refractivity contribution is -0.138. The largest absolute Gasteiger partial charge is 0.481 e. The Kier molecular flexibility index (Phi) is 5.74. The van der Waals surface area contributed by atoms with Gasteiger partial charge in [0.1, 0.15) is 5.75 Å². The minimum Gasteiger partial charge on any atom is -0.481 e. The first-order chi connectivity index (χ1) is 15.6. The number of aromatic nitrogens is 2. The highest BCUT2D eigenvalue weighted by molar-refractivity contribution is 6.30. The lowest BCUT2D eigenvalue weighted by Gasteiger charge is -2.37. The molecule has 1 aliphatic carbocycles. The first-order valence-electron chi connectivity index (χ1n) is 11.0. The van der Waals surface area contributed by atoms with E-state index in [0.717, 1.165) is 43.1 Å². The number of halogens is 1. The summed E-state index contributed by atoms with van der Waals surface area (Å²) in [6.45, 7) is 4.62. The molecule has 0 N–H and O–H groups in total. The molecule has 166 valence electrons. The number of amides is 1. The molecule has 2 heterocycles. The number of anilines is 1.